The molecule has 1 unspecified atom stereocenters. The molecule has 0 aliphatic carbocycles. The van der Waals surface area contributed by atoms with Crippen molar-refractivity contribution in [1.29, 1.82) is 0 Å². The molecule has 11 nitrogen and oxygen atoms in total. The van der Waals surface area contributed by atoms with Crippen molar-refractivity contribution in [3.8, 4) is 0 Å². The molecule has 0 saturated heterocycles. The Morgan fingerprint density at radius 1 is 1.02 bits per heavy atom. The van der Waals surface area contributed by atoms with Crippen LogP contribution in [0.25, 0.3) is 0 Å². The van der Waals surface area contributed by atoms with Crippen molar-refractivity contribution in [2.75, 3.05) is 18.5 Å². The second-order valence-corrected chi connectivity index (χ2v) is 10.7. The molecule has 3 N–H and O–H groups in total. The van der Waals surface area contributed by atoms with E-state index in [1.165, 1.54) is 11.2 Å². The molecule has 0 aliphatic rings. The SMILES string of the molecule is Cc1cccc(CC[C@H](NC(=O)CCCCNC(=O)OCc2ccccc2)C(O)c2nc(C(=O)N(C)c3cccnc3)co2)c1. The number of nitrogens with zero attached hydrogens (tertiary/aromatic N) is 3. The van der Waals surface area contributed by atoms with Gasteiger partial charge in [0, 0.05) is 26.2 Å². The molecule has 2 heterocycles. The second-order valence-electron chi connectivity index (χ2n) is 10.7. The molecule has 236 valence electrons. The van der Waals surface area contributed by atoms with Gasteiger partial charge >= 0.3 is 6.09 Å². The van der Waals surface area contributed by atoms with Gasteiger partial charge in [0.2, 0.25) is 11.8 Å². The highest BCUT2D eigenvalue weighted by atomic mass is 16.5. The smallest absolute Gasteiger partial charge is 0.407 e. The van der Waals surface area contributed by atoms with E-state index in [-0.39, 0.29) is 30.5 Å². The number of oxazole rings is 1. The van der Waals surface area contributed by atoms with Crippen LogP contribution in [0.4, 0.5) is 10.5 Å². The summed E-state index contributed by atoms with van der Waals surface area (Å²) in [5, 5.41) is 16.9. The molecule has 4 rings (SSSR count). The lowest BCUT2D eigenvalue weighted by atomic mass is 9.99. The molecule has 2 aromatic carbocycles. The number of amides is 3. The van der Waals surface area contributed by atoms with Gasteiger partial charge in [-0.05, 0) is 55.9 Å². The molecular formula is C34H39N5O6. The van der Waals surface area contributed by atoms with Gasteiger partial charge in [-0.3, -0.25) is 14.6 Å². The summed E-state index contributed by atoms with van der Waals surface area (Å²) in [6, 6.07) is 20.1. The number of aliphatic hydroxyl groups excluding tert-OH is 1. The number of rotatable bonds is 15. The first-order valence-corrected chi connectivity index (χ1v) is 14.9. The monoisotopic (exact) mass is 613 g/mol. The molecule has 3 amide bonds. The molecular weight excluding hydrogens is 574 g/mol. The van der Waals surface area contributed by atoms with E-state index in [4.69, 9.17) is 9.15 Å². The van der Waals surface area contributed by atoms with Crippen LogP contribution in [0.3, 0.4) is 0 Å². The van der Waals surface area contributed by atoms with E-state index in [0.717, 1.165) is 16.7 Å². The van der Waals surface area contributed by atoms with Crippen LogP contribution in [0.2, 0.25) is 0 Å². The number of anilines is 1. The first-order valence-electron chi connectivity index (χ1n) is 14.9. The third-order valence-electron chi connectivity index (χ3n) is 7.20. The van der Waals surface area contributed by atoms with Gasteiger partial charge in [0.15, 0.2) is 11.8 Å². The number of hydrogen-bond donors (Lipinski definition) is 3. The Hall–Kier alpha value is -5.03. The summed E-state index contributed by atoms with van der Waals surface area (Å²) in [5.41, 5.74) is 3.67. The fraction of sp³-hybridized carbons (Fsp3) is 0.324. The number of aryl methyl sites for hydroxylation is 2. The van der Waals surface area contributed by atoms with Gasteiger partial charge in [0.25, 0.3) is 5.91 Å². The number of hydrogen-bond acceptors (Lipinski definition) is 8. The highest BCUT2D eigenvalue weighted by Crippen LogP contribution is 2.22. The van der Waals surface area contributed by atoms with E-state index in [1.54, 1.807) is 31.6 Å². The molecule has 0 fully saturated rings. The summed E-state index contributed by atoms with van der Waals surface area (Å²) < 4.78 is 10.7. The Labute approximate surface area is 262 Å². The van der Waals surface area contributed by atoms with Crippen LogP contribution in [0.15, 0.2) is 89.8 Å². The summed E-state index contributed by atoms with van der Waals surface area (Å²) in [6.45, 7) is 2.55. The summed E-state index contributed by atoms with van der Waals surface area (Å²) in [5.74, 6) is -0.747. The fourth-order valence-corrected chi connectivity index (χ4v) is 4.69. The minimum absolute atomic E-state index is 0.0222. The van der Waals surface area contributed by atoms with Crippen LogP contribution in [0.1, 0.15) is 64.9 Å². The first kappa shape index (κ1) is 32.9. The lowest BCUT2D eigenvalue weighted by Crippen LogP contribution is -2.40. The standard InChI is InChI=1S/C34H39N5O6/c1-24-10-8-13-25(20-24)16-17-28(31(41)32-38-29(23-44-32)33(42)39(2)27-14-9-18-35-21-27)37-30(40)15-6-7-19-36-34(43)45-22-26-11-4-3-5-12-26/h3-5,8-14,18,20-21,23,28,31,41H,6-7,15-17,19,22H2,1-2H3,(H,36,43)(H,37,40)/t28-,31?/m0/s1. The van der Waals surface area contributed by atoms with Gasteiger partial charge in [0.1, 0.15) is 12.9 Å². The number of aliphatic hydroxyl groups is 1. The van der Waals surface area contributed by atoms with Crippen molar-refractivity contribution >= 4 is 23.6 Å². The third-order valence-corrected chi connectivity index (χ3v) is 7.20. The van der Waals surface area contributed by atoms with Crippen LogP contribution in [0.5, 0.6) is 0 Å². The Morgan fingerprint density at radius 3 is 2.58 bits per heavy atom. The lowest BCUT2D eigenvalue weighted by Gasteiger charge is -2.22. The zero-order chi connectivity index (χ0) is 32.0. The molecule has 0 bridgehead atoms. The zero-order valence-electron chi connectivity index (χ0n) is 25.5. The minimum Gasteiger partial charge on any atom is -0.445 e. The molecule has 11 heteroatoms. The second kappa shape index (κ2) is 16.7. The van der Waals surface area contributed by atoms with Crippen LogP contribution in [-0.2, 0) is 22.6 Å². The average Bonchev–Trinajstić information content (AvgIpc) is 3.56. The van der Waals surface area contributed by atoms with E-state index in [0.29, 0.717) is 37.9 Å². The number of aromatic nitrogens is 2. The van der Waals surface area contributed by atoms with Crippen molar-refractivity contribution in [1.82, 2.24) is 20.6 Å². The molecule has 2 atom stereocenters. The topological polar surface area (TPSA) is 147 Å². The number of benzene rings is 2. The molecule has 45 heavy (non-hydrogen) atoms. The summed E-state index contributed by atoms with van der Waals surface area (Å²) >= 11 is 0. The minimum atomic E-state index is -1.29. The van der Waals surface area contributed by atoms with Crippen molar-refractivity contribution in [2.24, 2.45) is 0 Å². The van der Waals surface area contributed by atoms with E-state index in [2.05, 4.69) is 26.7 Å². The molecule has 2 aromatic heterocycles. The number of carbonyl (C=O) groups excluding carboxylic acids is 3. The normalized spacial score (nSPS) is 12.2. The maximum Gasteiger partial charge on any atom is 0.407 e. The first-order chi connectivity index (χ1) is 21.8. The van der Waals surface area contributed by atoms with Gasteiger partial charge < -0.3 is 29.8 Å². The van der Waals surface area contributed by atoms with Crippen LogP contribution in [0, 0.1) is 6.92 Å². The third kappa shape index (κ3) is 10.3. The van der Waals surface area contributed by atoms with Gasteiger partial charge in [-0.2, -0.15) is 0 Å². The van der Waals surface area contributed by atoms with Gasteiger partial charge in [-0.25, -0.2) is 9.78 Å². The summed E-state index contributed by atoms with van der Waals surface area (Å²) in [4.78, 5) is 47.5. The lowest BCUT2D eigenvalue weighted by molar-refractivity contribution is -0.123. The van der Waals surface area contributed by atoms with Crippen LogP contribution < -0.4 is 15.5 Å². The number of unbranched alkanes of at least 4 members (excludes halogenated alkanes) is 1. The fourth-order valence-electron chi connectivity index (χ4n) is 4.69. The Morgan fingerprint density at radius 2 is 1.82 bits per heavy atom. The van der Waals surface area contributed by atoms with Crippen LogP contribution in [-0.4, -0.2) is 52.6 Å². The molecule has 0 saturated carbocycles. The Kier molecular flexibility index (Phi) is 12.2. The predicted molar refractivity (Wildman–Crippen MR) is 168 cm³/mol. The molecule has 0 aliphatic heterocycles. The van der Waals surface area contributed by atoms with Crippen molar-refractivity contribution in [2.45, 2.75) is 57.8 Å². The van der Waals surface area contributed by atoms with E-state index in [1.807, 2.05) is 55.5 Å². The number of ether oxygens (including phenoxy) is 1. The molecule has 0 spiro atoms. The van der Waals surface area contributed by atoms with Gasteiger partial charge in [0.05, 0.1) is 17.9 Å². The van der Waals surface area contributed by atoms with Gasteiger partial charge in [-0.15, -0.1) is 0 Å². The number of pyridine rings is 1. The Bertz CT molecular complexity index is 1530. The highest BCUT2D eigenvalue weighted by molar-refractivity contribution is 6.04. The van der Waals surface area contributed by atoms with E-state index >= 15 is 0 Å². The van der Waals surface area contributed by atoms with E-state index in [9.17, 15) is 19.5 Å². The largest absolute Gasteiger partial charge is 0.445 e. The van der Waals surface area contributed by atoms with E-state index < -0.39 is 24.1 Å². The number of nitrogens with one attached hydrogen (secondary N) is 2. The average molecular weight is 614 g/mol. The highest BCUT2D eigenvalue weighted by Gasteiger charge is 2.28. The summed E-state index contributed by atoms with van der Waals surface area (Å²) in [6.07, 6.45) is 4.84. The van der Waals surface area contributed by atoms with Crippen LogP contribution >= 0.6 is 0 Å². The zero-order valence-corrected chi connectivity index (χ0v) is 25.5. The summed E-state index contributed by atoms with van der Waals surface area (Å²) in [7, 11) is 1.60. The van der Waals surface area contributed by atoms with Crippen molar-refractivity contribution in [3.05, 3.63) is 114 Å². The maximum atomic E-state index is 13.0. The molecule has 4 aromatic rings. The Balaban J connectivity index is 1.30. The number of alkyl carbamates (subject to hydrolysis) is 1. The number of carbonyl (C=O) groups is 3. The van der Waals surface area contributed by atoms with Crippen molar-refractivity contribution < 1.29 is 28.6 Å². The predicted octanol–water partition coefficient (Wildman–Crippen LogP) is 4.90. The molecule has 0 radical (unpaired) electrons. The quantitative estimate of drug-likeness (QED) is 0.160. The maximum absolute atomic E-state index is 13.0. The van der Waals surface area contributed by atoms with Gasteiger partial charge in [-0.1, -0.05) is 60.2 Å². The van der Waals surface area contributed by atoms with Crippen molar-refractivity contribution in [3.63, 3.8) is 0 Å².